The molecule has 4 rings (SSSR count). The van der Waals surface area contributed by atoms with Crippen LogP contribution in [0.4, 0.5) is 5.69 Å². The normalized spacial score (nSPS) is 16.0. The van der Waals surface area contributed by atoms with Crippen LogP contribution in [0.5, 0.6) is 5.75 Å². The average Bonchev–Trinajstić information content (AvgIpc) is 3.35. The summed E-state index contributed by atoms with van der Waals surface area (Å²) in [6.07, 6.45) is 0.204. The fourth-order valence-corrected chi connectivity index (χ4v) is 3.56. The van der Waals surface area contributed by atoms with Gasteiger partial charge in [-0.1, -0.05) is 18.2 Å². The van der Waals surface area contributed by atoms with Crippen molar-refractivity contribution in [3.63, 3.8) is 0 Å². The van der Waals surface area contributed by atoms with E-state index in [4.69, 9.17) is 4.74 Å². The number of nitrogens with one attached hydrogen (secondary N) is 2. The summed E-state index contributed by atoms with van der Waals surface area (Å²) in [6, 6.07) is 14.9. The number of carbonyl (C=O) groups excluding carboxylic acids is 2. The summed E-state index contributed by atoms with van der Waals surface area (Å²) in [4.78, 5) is 31.1. The molecule has 2 N–H and O–H groups in total. The molecule has 1 aromatic heterocycles. The van der Waals surface area contributed by atoms with E-state index in [2.05, 4.69) is 20.5 Å². The third kappa shape index (κ3) is 4.17. The van der Waals surface area contributed by atoms with Crippen LogP contribution in [0.3, 0.4) is 0 Å². The lowest BCUT2D eigenvalue weighted by atomic mass is 10.1. The van der Waals surface area contributed by atoms with Gasteiger partial charge in [0.25, 0.3) is 0 Å². The highest BCUT2D eigenvalue weighted by Gasteiger charge is 2.34. The number of rotatable bonds is 6. The molecule has 0 spiro atoms. The number of methoxy groups -OCH3 is 1. The highest BCUT2D eigenvalue weighted by atomic mass is 16.5. The van der Waals surface area contributed by atoms with Gasteiger partial charge in [0.2, 0.25) is 11.8 Å². The van der Waals surface area contributed by atoms with E-state index in [-0.39, 0.29) is 24.2 Å². The van der Waals surface area contributed by atoms with Crippen molar-refractivity contribution in [3.8, 4) is 17.1 Å². The third-order valence-corrected chi connectivity index (χ3v) is 5.15. The Bertz CT molecular complexity index is 1060. The molecule has 1 saturated heterocycles. The lowest BCUT2D eigenvalue weighted by molar-refractivity contribution is -0.128. The molecule has 0 radical (unpaired) electrons. The number of aromatic amines is 1. The smallest absolute Gasteiger partial charge is 0.229 e. The molecule has 1 aliphatic rings. The maximum Gasteiger partial charge on any atom is 0.229 e. The zero-order valence-electron chi connectivity index (χ0n) is 16.9. The van der Waals surface area contributed by atoms with E-state index < -0.39 is 0 Å². The maximum atomic E-state index is 12.7. The minimum atomic E-state index is -0.387. The Balaban J connectivity index is 1.38. The molecule has 2 aromatic carbocycles. The first-order valence-corrected chi connectivity index (χ1v) is 9.73. The topological polar surface area (TPSA) is 100 Å². The van der Waals surface area contributed by atoms with E-state index in [1.54, 1.807) is 12.0 Å². The maximum absolute atomic E-state index is 12.7. The lowest BCUT2D eigenvalue weighted by Crippen LogP contribution is -2.28. The summed E-state index contributed by atoms with van der Waals surface area (Å²) < 4.78 is 5.36. The first kappa shape index (κ1) is 19.6. The Morgan fingerprint density at radius 3 is 2.70 bits per heavy atom. The number of aryl methyl sites for hydroxylation is 1. The summed E-state index contributed by atoms with van der Waals surface area (Å²) in [5, 5.41) is 9.84. The number of carbonyl (C=O) groups is 2. The first-order chi connectivity index (χ1) is 14.5. The first-order valence-electron chi connectivity index (χ1n) is 9.73. The predicted octanol–water partition coefficient (Wildman–Crippen LogP) is 2.78. The summed E-state index contributed by atoms with van der Waals surface area (Å²) in [5.74, 6) is 1.51. The van der Waals surface area contributed by atoms with Crippen molar-refractivity contribution in [2.24, 2.45) is 5.92 Å². The highest BCUT2D eigenvalue weighted by molar-refractivity contribution is 5.97. The molecule has 0 saturated carbocycles. The summed E-state index contributed by atoms with van der Waals surface area (Å²) in [7, 11) is 1.61. The van der Waals surface area contributed by atoms with Crippen LogP contribution in [0.1, 0.15) is 17.8 Å². The van der Waals surface area contributed by atoms with E-state index in [9.17, 15) is 9.59 Å². The van der Waals surface area contributed by atoms with Gasteiger partial charge < -0.3 is 15.0 Å². The van der Waals surface area contributed by atoms with Crippen molar-refractivity contribution in [3.05, 3.63) is 59.9 Å². The minimum absolute atomic E-state index is 0.0311. The van der Waals surface area contributed by atoms with Crippen LogP contribution in [0.15, 0.2) is 48.5 Å². The molecule has 2 heterocycles. The van der Waals surface area contributed by atoms with Crippen molar-refractivity contribution in [1.29, 1.82) is 0 Å². The summed E-state index contributed by atoms with van der Waals surface area (Å²) in [5.41, 5.74) is 2.45. The van der Waals surface area contributed by atoms with Gasteiger partial charge >= 0.3 is 0 Å². The quantitative estimate of drug-likeness (QED) is 0.657. The van der Waals surface area contributed by atoms with Gasteiger partial charge in [0.1, 0.15) is 11.6 Å². The molecule has 8 heteroatoms. The van der Waals surface area contributed by atoms with Gasteiger partial charge in [-0.15, -0.1) is 0 Å². The SMILES string of the molecule is COc1ccccc1CN1CC(C(=O)Nc2ccc(-c3n[nH]c(C)n3)cc2)CC1=O. The minimum Gasteiger partial charge on any atom is -0.496 e. The van der Waals surface area contributed by atoms with Gasteiger partial charge in [-0.2, -0.15) is 5.10 Å². The molecule has 0 bridgehead atoms. The number of hydrogen-bond donors (Lipinski definition) is 2. The van der Waals surface area contributed by atoms with E-state index >= 15 is 0 Å². The summed E-state index contributed by atoms with van der Waals surface area (Å²) >= 11 is 0. The number of ether oxygens (including phenoxy) is 1. The van der Waals surface area contributed by atoms with Crippen molar-refractivity contribution in [2.45, 2.75) is 19.9 Å². The third-order valence-electron chi connectivity index (χ3n) is 5.15. The average molecular weight is 405 g/mol. The molecule has 154 valence electrons. The Morgan fingerprint density at radius 2 is 2.00 bits per heavy atom. The molecule has 1 unspecified atom stereocenters. The Labute approximate surface area is 174 Å². The Hall–Kier alpha value is -3.68. The predicted molar refractivity (Wildman–Crippen MR) is 112 cm³/mol. The fourth-order valence-electron chi connectivity index (χ4n) is 3.56. The molecular formula is C22H23N5O3. The number of aromatic nitrogens is 3. The molecule has 0 aliphatic carbocycles. The van der Waals surface area contributed by atoms with Crippen LogP contribution >= 0.6 is 0 Å². The lowest BCUT2D eigenvalue weighted by Gasteiger charge is -2.18. The molecule has 1 atom stereocenters. The number of amides is 2. The second kappa shape index (κ2) is 8.36. The van der Waals surface area contributed by atoms with Gasteiger partial charge in [-0.25, -0.2) is 4.98 Å². The van der Waals surface area contributed by atoms with Crippen molar-refractivity contribution in [1.82, 2.24) is 20.1 Å². The number of para-hydroxylation sites is 1. The molecule has 1 aliphatic heterocycles. The molecule has 30 heavy (non-hydrogen) atoms. The van der Waals surface area contributed by atoms with Crippen LogP contribution in [0.25, 0.3) is 11.4 Å². The second-order valence-electron chi connectivity index (χ2n) is 7.30. The van der Waals surface area contributed by atoms with Crippen molar-refractivity contribution < 1.29 is 14.3 Å². The van der Waals surface area contributed by atoms with E-state index in [0.717, 1.165) is 22.7 Å². The molecule has 2 amide bonds. The van der Waals surface area contributed by atoms with Gasteiger partial charge in [-0.3, -0.25) is 14.7 Å². The number of H-pyrrole nitrogens is 1. The summed E-state index contributed by atoms with van der Waals surface area (Å²) in [6.45, 7) is 2.65. The van der Waals surface area contributed by atoms with E-state index in [1.807, 2.05) is 55.5 Å². The van der Waals surface area contributed by atoms with Gasteiger partial charge in [-0.05, 0) is 37.3 Å². The molecule has 8 nitrogen and oxygen atoms in total. The van der Waals surface area contributed by atoms with Crippen molar-refractivity contribution in [2.75, 3.05) is 19.0 Å². The highest BCUT2D eigenvalue weighted by Crippen LogP contribution is 2.26. The standard InChI is InChI=1S/C22H23N5O3/c1-14-23-21(26-25-14)15-7-9-18(10-8-15)24-22(29)17-11-20(28)27(13-17)12-16-5-3-4-6-19(16)30-2/h3-10,17H,11-13H2,1-2H3,(H,24,29)(H,23,25,26). The van der Waals surface area contributed by atoms with Crippen LogP contribution < -0.4 is 10.1 Å². The molecular weight excluding hydrogens is 382 g/mol. The Kier molecular flexibility index (Phi) is 5.47. The second-order valence-corrected chi connectivity index (χ2v) is 7.30. The number of nitrogens with zero attached hydrogens (tertiary/aromatic N) is 3. The van der Waals surface area contributed by atoms with Gasteiger partial charge in [0.05, 0.1) is 13.0 Å². The van der Waals surface area contributed by atoms with E-state index in [0.29, 0.717) is 24.6 Å². The van der Waals surface area contributed by atoms with Crippen molar-refractivity contribution >= 4 is 17.5 Å². The van der Waals surface area contributed by atoms with Crippen LogP contribution in [0, 0.1) is 12.8 Å². The van der Waals surface area contributed by atoms with Crippen LogP contribution in [-0.2, 0) is 16.1 Å². The van der Waals surface area contributed by atoms with Gasteiger partial charge in [0, 0.05) is 36.3 Å². The Morgan fingerprint density at radius 1 is 1.23 bits per heavy atom. The zero-order valence-corrected chi connectivity index (χ0v) is 16.9. The van der Waals surface area contributed by atoms with Crippen LogP contribution in [-0.4, -0.2) is 45.6 Å². The number of benzene rings is 2. The van der Waals surface area contributed by atoms with Gasteiger partial charge in [0.15, 0.2) is 5.82 Å². The number of anilines is 1. The molecule has 3 aromatic rings. The molecule has 1 fully saturated rings. The number of likely N-dealkylation sites (tertiary alicyclic amines) is 1. The fraction of sp³-hybridized carbons (Fsp3) is 0.273. The zero-order chi connectivity index (χ0) is 21.1. The van der Waals surface area contributed by atoms with E-state index in [1.165, 1.54) is 0 Å². The monoisotopic (exact) mass is 405 g/mol. The number of hydrogen-bond acceptors (Lipinski definition) is 5. The largest absolute Gasteiger partial charge is 0.496 e. The van der Waals surface area contributed by atoms with Crippen LogP contribution in [0.2, 0.25) is 0 Å².